The highest BCUT2D eigenvalue weighted by molar-refractivity contribution is 9.10. The minimum absolute atomic E-state index is 0.103. The number of carbonyl (C=O) groups excluding carboxylic acids is 1. The van der Waals surface area contributed by atoms with E-state index >= 15 is 0 Å². The Labute approximate surface area is 283 Å². The lowest BCUT2D eigenvalue weighted by atomic mass is 10.1. The summed E-state index contributed by atoms with van der Waals surface area (Å²) in [5, 5.41) is 0.836. The molecule has 11 heteroatoms. The van der Waals surface area contributed by atoms with Crippen molar-refractivity contribution < 1.29 is 9.53 Å². The summed E-state index contributed by atoms with van der Waals surface area (Å²) in [5.41, 5.74) is 12.4. The second-order valence-corrected chi connectivity index (χ2v) is 11.9. The summed E-state index contributed by atoms with van der Waals surface area (Å²) in [6, 6.07) is 17.5. The van der Waals surface area contributed by atoms with Crippen LogP contribution in [0, 0.1) is 6.92 Å². The lowest BCUT2D eigenvalue weighted by molar-refractivity contribution is -0.115. The minimum atomic E-state index is -0.937. The zero-order valence-electron chi connectivity index (χ0n) is 24.5. The van der Waals surface area contributed by atoms with Gasteiger partial charge in [-0.3, -0.25) is 19.2 Å². The van der Waals surface area contributed by atoms with Gasteiger partial charge in [-0.15, -0.1) is 0 Å². The quantitative estimate of drug-likeness (QED) is 0.143. The SMILES string of the molecule is Cc1nc2c(OCc3c(Cl)ccc(-n4cccc4C(N)C(=O)/C=C/c4ccc(/C=C/c5ccncc5)nc4)c3Cl)cccn2c1Br. The molecule has 0 bridgehead atoms. The fraction of sp³-hybridized carbons (Fsp3) is 0.0857. The maximum atomic E-state index is 13.2. The number of ketones is 1. The highest BCUT2D eigenvalue weighted by atomic mass is 79.9. The first-order valence-electron chi connectivity index (χ1n) is 14.2. The number of pyridine rings is 3. The van der Waals surface area contributed by atoms with Gasteiger partial charge in [0.05, 0.1) is 22.1 Å². The Morgan fingerprint density at radius 2 is 1.80 bits per heavy atom. The van der Waals surface area contributed by atoms with Crippen molar-refractivity contribution in [2.45, 2.75) is 19.6 Å². The van der Waals surface area contributed by atoms with E-state index in [0.29, 0.717) is 38.4 Å². The molecule has 6 aromatic rings. The summed E-state index contributed by atoms with van der Waals surface area (Å²) >= 11 is 17.1. The third kappa shape index (κ3) is 6.68. The van der Waals surface area contributed by atoms with E-state index in [1.54, 1.807) is 53.6 Å². The van der Waals surface area contributed by atoms with E-state index in [0.717, 1.165) is 27.1 Å². The van der Waals surface area contributed by atoms with Gasteiger partial charge in [-0.1, -0.05) is 35.3 Å². The molecule has 1 aromatic carbocycles. The van der Waals surface area contributed by atoms with Gasteiger partial charge in [0.1, 0.15) is 17.3 Å². The van der Waals surface area contributed by atoms with Crippen molar-refractivity contribution in [2.75, 3.05) is 0 Å². The summed E-state index contributed by atoms with van der Waals surface area (Å²) in [4.78, 5) is 26.2. The molecule has 0 saturated carbocycles. The fourth-order valence-corrected chi connectivity index (χ4v) is 5.80. The lowest BCUT2D eigenvalue weighted by Gasteiger charge is -2.18. The van der Waals surface area contributed by atoms with Gasteiger partial charge in [-0.2, -0.15) is 0 Å². The van der Waals surface area contributed by atoms with Crippen LogP contribution < -0.4 is 10.5 Å². The normalized spacial score (nSPS) is 12.4. The van der Waals surface area contributed by atoms with Gasteiger partial charge < -0.3 is 15.0 Å². The molecule has 0 aliphatic rings. The van der Waals surface area contributed by atoms with Crippen LogP contribution in [0.5, 0.6) is 5.75 Å². The molecule has 2 N–H and O–H groups in total. The Hall–Kier alpha value is -4.54. The zero-order valence-corrected chi connectivity index (χ0v) is 27.6. The van der Waals surface area contributed by atoms with Gasteiger partial charge in [-0.05, 0) is 107 Å². The van der Waals surface area contributed by atoms with Gasteiger partial charge in [0.2, 0.25) is 0 Å². The smallest absolute Gasteiger partial charge is 0.180 e. The van der Waals surface area contributed by atoms with E-state index in [-0.39, 0.29) is 12.4 Å². The molecule has 5 heterocycles. The molecule has 6 rings (SSSR count). The number of carbonyl (C=O) groups is 1. The van der Waals surface area contributed by atoms with E-state index in [9.17, 15) is 4.79 Å². The van der Waals surface area contributed by atoms with Gasteiger partial charge in [0.25, 0.3) is 0 Å². The van der Waals surface area contributed by atoms with Crippen molar-refractivity contribution in [2.24, 2.45) is 5.73 Å². The first-order valence-corrected chi connectivity index (χ1v) is 15.8. The summed E-state index contributed by atoms with van der Waals surface area (Å²) in [7, 11) is 0. The van der Waals surface area contributed by atoms with Crippen LogP contribution in [0.15, 0.2) is 102 Å². The molecule has 0 spiro atoms. The number of nitrogens with zero attached hydrogens (tertiary/aromatic N) is 5. The number of hydrogen-bond acceptors (Lipinski definition) is 6. The monoisotopic (exact) mass is 712 g/mol. The number of nitrogens with two attached hydrogens (primary N) is 1. The molecular formula is C35H27BrCl2N6O2. The van der Waals surface area contributed by atoms with Crippen molar-refractivity contribution in [1.82, 2.24) is 23.9 Å². The number of aryl methyl sites for hydroxylation is 1. The van der Waals surface area contributed by atoms with E-state index < -0.39 is 6.04 Å². The van der Waals surface area contributed by atoms with Gasteiger partial charge in [-0.25, -0.2) is 4.98 Å². The third-order valence-electron chi connectivity index (χ3n) is 7.32. The summed E-state index contributed by atoms with van der Waals surface area (Å²) in [6.07, 6.45) is 15.9. The van der Waals surface area contributed by atoms with Gasteiger partial charge >= 0.3 is 0 Å². The first-order chi connectivity index (χ1) is 22.3. The number of ether oxygens (including phenoxy) is 1. The topological polar surface area (TPSA) is 100 Å². The number of fused-ring (bicyclic) bond motifs is 1. The molecule has 1 atom stereocenters. The predicted molar refractivity (Wildman–Crippen MR) is 186 cm³/mol. The molecule has 0 amide bonds. The summed E-state index contributed by atoms with van der Waals surface area (Å²) < 4.78 is 10.7. The van der Waals surface area contributed by atoms with E-state index in [4.69, 9.17) is 33.7 Å². The van der Waals surface area contributed by atoms with Gasteiger partial charge in [0, 0.05) is 47.3 Å². The fourth-order valence-electron chi connectivity index (χ4n) is 4.86. The Bertz CT molecular complexity index is 2090. The molecule has 5 aromatic heterocycles. The van der Waals surface area contributed by atoms with Crippen molar-refractivity contribution in [3.05, 3.63) is 146 Å². The second kappa shape index (κ2) is 13.8. The van der Waals surface area contributed by atoms with Crippen LogP contribution in [0.25, 0.3) is 29.6 Å². The second-order valence-electron chi connectivity index (χ2n) is 10.3. The van der Waals surface area contributed by atoms with Crippen LogP contribution in [0.3, 0.4) is 0 Å². The average molecular weight is 714 g/mol. The van der Waals surface area contributed by atoms with Crippen LogP contribution >= 0.6 is 39.1 Å². The highest BCUT2D eigenvalue weighted by Crippen LogP contribution is 2.34. The molecule has 0 aliphatic carbocycles. The number of rotatable bonds is 10. The third-order valence-corrected chi connectivity index (χ3v) is 9.05. The largest absolute Gasteiger partial charge is 0.485 e. The van der Waals surface area contributed by atoms with Gasteiger partial charge in [0.15, 0.2) is 17.2 Å². The van der Waals surface area contributed by atoms with Crippen LogP contribution in [0.4, 0.5) is 0 Å². The average Bonchev–Trinajstić information content (AvgIpc) is 3.67. The molecule has 1 unspecified atom stereocenters. The predicted octanol–water partition coefficient (Wildman–Crippen LogP) is 8.32. The molecular weight excluding hydrogens is 687 g/mol. The van der Waals surface area contributed by atoms with Crippen molar-refractivity contribution in [3.8, 4) is 11.4 Å². The first kappa shape index (κ1) is 31.4. The number of imidazole rings is 1. The van der Waals surface area contributed by atoms with Crippen LogP contribution in [-0.2, 0) is 11.4 Å². The van der Waals surface area contributed by atoms with Crippen molar-refractivity contribution >= 4 is 68.8 Å². The Balaban J connectivity index is 1.17. The van der Waals surface area contributed by atoms with E-state index in [2.05, 4.69) is 30.9 Å². The number of hydrogen-bond donors (Lipinski definition) is 1. The number of halogens is 3. The molecule has 230 valence electrons. The summed E-state index contributed by atoms with van der Waals surface area (Å²) in [5.74, 6) is 0.311. The maximum absolute atomic E-state index is 13.2. The molecule has 46 heavy (non-hydrogen) atoms. The van der Waals surface area contributed by atoms with E-state index in [1.165, 1.54) is 6.08 Å². The Kier molecular flexibility index (Phi) is 9.46. The van der Waals surface area contributed by atoms with E-state index in [1.807, 2.05) is 72.1 Å². The Morgan fingerprint density at radius 3 is 2.59 bits per heavy atom. The van der Waals surface area contributed by atoms with Crippen molar-refractivity contribution in [1.29, 1.82) is 0 Å². The molecule has 0 fully saturated rings. The standard InChI is InChI=1S/C35H27BrCl2N6O2/c1-22-34(36)44-19-3-5-31(35(44)42-22)46-21-26-27(37)11-12-28(32(26)38)43-18-2-4-29(43)33(39)30(45)13-8-24-7-10-25(41-20-24)9-6-23-14-16-40-17-15-23/h2-20,33H,21,39H2,1H3/b9-6+,13-8+. The van der Waals surface area contributed by atoms with Crippen LogP contribution in [-0.4, -0.2) is 29.7 Å². The molecule has 8 nitrogen and oxygen atoms in total. The maximum Gasteiger partial charge on any atom is 0.180 e. The van der Waals surface area contributed by atoms with Crippen LogP contribution in [0.2, 0.25) is 10.0 Å². The number of aromatic nitrogens is 5. The zero-order chi connectivity index (χ0) is 32.2. The van der Waals surface area contributed by atoms with Crippen molar-refractivity contribution in [3.63, 3.8) is 0 Å². The lowest BCUT2D eigenvalue weighted by Crippen LogP contribution is -2.22. The Morgan fingerprint density at radius 1 is 1.00 bits per heavy atom. The molecule has 0 aliphatic heterocycles. The molecule has 0 radical (unpaired) electrons. The summed E-state index contributed by atoms with van der Waals surface area (Å²) in [6.45, 7) is 2.02. The highest BCUT2D eigenvalue weighted by Gasteiger charge is 2.21. The number of benzene rings is 1. The minimum Gasteiger partial charge on any atom is -0.485 e. The van der Waals surface area contributed by atoms with Crippen LogP contribution in [0.1, 0.15) is 39.8 Å². The molecule has 0 saturated heterocycles.